The van der Waals surface area contributed by atoms with Crippen LogP contribution in [-0.2, 0) is 0 Å². The molecule has 0 radical (unpaired) electrons. The van der Waals surface area contributed by atoms with Crippen molar-refractivity contribution in [2.45, 2.75) is 59.4 Å². The molecule has 2 nitrogen and oxygen atoms in total. The summed E-state index contributed by atoms with van der Waals surface area (Å²) in [5.74, 6) is 8.98. The van der Waals surface area contributed by atoms with Gasteiger partial charge < -0.3 is 0 Å². The molecule has 15 heavy (non-hydrogen) atoms. The van der Waals surface area contributed by atoms with Gasteiger partial charge >= 0.3 is 0 Å². The van der Waals surface area contributed by atoms with Gasteiger partial charge in [0.05, 0.1) is 0 Å². The van der Waals surface area contributed by atoms with Gasteiger partial charge in [-0.05, 0) is 42.9 Å². The molecule has 2 heteroatoms. The van der Waals surface area contributed by atoms with Crippen LogP contribution in [0.4, 0.5) is 0 Å². The second-order valence-electron chi connectivity index (χ2n) is 5.93. The Balaban J connectivity index is 2.47. The van der Waals surface area contributed by atoms with Crippen molar-refractivity contribution in [1.29, 1.82) is 0 Å². The second-order valence-corrected chi connectivity index (χ2v) is 5.93. The summed E-state index contributed by atoms with van der Waals surface area (Å²) in [5.41, 5.74) is 3.04. The molecule has 0 aromatic rings. The van der Waals surface area contributed by atoms with Crippen LogP contribution in [0.3, 0.4) is 0 Å². The summed E-state index contributed by atoms with van der Waals surface area (Å²) in [7, 11) is 0. The Bertz CT molecular complexity index is 179. The standard InChI is InChI=1S/C13H28N2/c1-9(2)7-13(15-14)12-6-5-10(3)11(4)8-12/h9-13,15H,5-8,14H2,1-4H3. The Morgan fingerprint density at radius 1 is 1.20 bits per heavy atom. The number of hydrogen-bond acceptors (Lipinski definition) is 2. The molecular weight excluding hydrogens is 184 g/mol. The van der Waals surface area contributed by atoms with E-state index in [4.69, 9.17) is 5.84 Å². The molecule has 0 aliphatic heterocycles. The summed E-state index contributed by atoms with van der Waals surface area (Å²) in [4.78, 5) is 0. The number of nitrogens with one attached hydrogen (secondary N) is 1. The molecule has 0 aromatic carbocycles. The highest BCUT2D eigenvalue weighted by Gasteiger charge is 2.29. The fourth-order valence-corrected chi connectivity index (χ4v) is 2.86. The van der Waals surface area contributed by atoms with Crippen LogP contribution in [0.15, 0.2) is 0 Å². The largest absolute Gasteiger partial charge is 0.271 e. The van der Waals surface area contributed by atoms with E-state index in [1.165, 1.54) is 25.7 Å². The summed E-state index contributed by atoms with van der Waals surface area (Å²) in [6, 6.07) is 0.528. The summed E-state index contributed by atoms with van der Waals surface area (Å²) in [6.45, 7) is 9.33. The first kappa shape index (κ1) is 13.0. The fourth-order valence-electron chi connectivity index (χ4n) is 2.86. The molecule has 1 fully saturated rings. The topological polar surface area (TPSA) is 38.0 Å². The van der Waals surface area contributed by atoms with Crippen molar-refractivity contribution in [3.05, 3.63) is 0 Å². The summed E-state index contributed by atoms with van der Waals surface area (Å²) in [5, 5.41) is 0. The fraction of sp³-hybridized carbons (Fsp3) is 1.00. The Hall–Kier alpha value is -0.0800. The van der Waals surface area contributed by atoms with Crippen LogP contribution in [0, 0.1) is 23.7 Å². The predicted octanol–water partition coefficient (Wildman–Crippen LogP) is 2.94. The summed E-state index contributed by atoms with van der Waals surface area (Å²) in [6.07, 6.45) is 5.29. The average Bonchev–Trinajstić information content (AvgIpc) is 2.18. The summed E-state index contributed by atoms with van der Waals surface area (Å²) >= 11 is 0. The van der Waals surface area contributed by atoms with Gasteiger partial charge in [-0.3, -0.25) is 11.3 Å². The Morgan fingerprint density at radius 2 is 1.87 bits per heavy atom. The zero-order chi connectivity index (χ0) is 11.4. The quantitative estimate of drug-likeness (QED) is 0.555. The zero-order valence-electron chi connectivity index (χ0n) is 10.8. The predicted molar refractivity (Wildman–Crippen MR) is 66.2 cm³/mol. The molecule has 1 saturated carbocycles. The molecule has 90 valence electrons. The van der Waals surface area contributed by atoms with E-state index in [9.17, 15) is 0 Å². The van der Waals surface area contributed by atoms with E-state index < -0.39 is 0 Å². The van der Waals surface area contributed by atoms with Gasteiger partial charge in [0, 0.05) is 6.04 Å². The van der Waals surface area contributed by atoms with Gasteiger partial charge in [0.2, 0.25) is 0 Å². The van der Waals surface area contributed by atoms with Crippen molar-refractivity contribution < 1.29 is 0 Å². The average molecular weight is 212 g/mol. The number of nitrogens with two attached hydrogens (primary N) is 1. The van der Waals surface area contributed by atoms with Crippen LogP contribution in [-0.4, -0.2) is 6.04 Å². The highest BCUT2D eigenvalue weighted by Crippen LogP contribution is 2.36. The van der Waals surface area contributed by atoms with Crippen LogP contribution in [0.5, 0.6) is 0 Å². The number of rotatable bonds is 4. The molecule has 0 spiro atoms. The zero-order valence-corrected chi connectivity index (χ0v) is 10.8. The van der Waals surface area contributed by atoms with Gasteiger partial charge in [-0.15, -0.1) is 0 Å². The Kier molecular flexibility index (Phi) is 5.07. The van der Waals surface area contributed by atoms with E-state index in [1.807, 2.05) is 0 Å². The van der Waals surface area contributed by atoms with E-state index in [1.54, 1.807) is 0 Å². The molecule has 0 heterocycles. The molecule has 0 saturated heterocycles. The minimum atomic E-state index is 0.528. The maximum Gasteiger partial charge on any atom is 0.0241 e. The third-order valence-electron chi connectivity index (χ3n) is 4.15. The first-order chi connectivity index (χ1) is 7.04. The van der Waals surface area contributed by atoms with Gasteiger partial charge in [0.15, 0.2) is 0 Å². The summed E-state index contributed by atoms with van der Waals surface area (Å²) < 4.78 is 0. The van der Waals surface area contributed by atoms with Gasteiger partial charge in [-0.1, -0.05) is 34.1 Å². The van der Waals surface area contributed by atoms with Crippen molar-refractivity contribution in [1.82, 2.24) is 5.43 Å². The smallest absolute Gasteiger partial charge is 0.0241 e. The van der Waals surface area contributed by atoms with E-state index in [0.29, 0.717) is 6.04 Å². The highest BCUT2D eigenvalue weighted by molar-refractivity contribution is 4.83. The minimum absolute atomic E-state index is 0.528. The highest BCUT2D eigenvalue weighted by atomic mass is 15.2. The van der Waals surface area contributed by atoms with E-state index in [0.717, 1.165) is 23.7 Å². The molecule has 0 amide bonds. The third-order valence-corrected chi connectivity index (χ3v) is 4.15. The van der Waals surface area contributed by atoms with Gasteiger partial charge in [-0.25, -0.2) is 0 Å². The van der Waals surface area contributed by atoms with Crippen LogP contribution in [0.1, 0.15) is 53.4 Å². The maximum absolute atomic E-state index is 5.68. The van der Waals surface area contributed by atoms with Gasteiger partial charge in [-0.2, -0.15) is 0 Å². The monoisotopic (exact) mass is 212 g/mol. The Morgan fingerprint density at radius 3 is 2.33 bits per heavy atom. The van der Waals surface area contributed by atoms with Crippen LogP contribution in [0.25, 0.3) is 0 Å². The third kappa shape index (κ3) is 3.76. The number of hydrogen-bond donors (Lipinski definition) is 2. The molecule has 1 rings (SSSR count). The Labute approximate surface area is 95.0 Å². The lowest BCUT2D eigenvalue weighted by Crippen LogP contribution is -2.44. The first-order valence-electron chi connectivity index (χ1n) is 6.50. The van der Waals surface area contributed by atoms with Crippen LogP contribution in [0.2, 0.25) is 0 Å². The van der Waals surface area contributed by atoms with Crippen LogP contribution >= 0.6 is 0 Å². The van der Waals surface area contributed by atoms with Gasteiger partial charge in [0.25, 0.3) is 0 Å². The van der Waals surface area contributed by atoms with E-state index in [-0.39, 0.29) is 0 Å². The SMILES string of the molecule is CC(C)CC(NN)C1CCC(C)C(C)C1. The lowest BCUT2D eigenvalue weighted by atomic mass is 9.72. The van der Waals surface area contributed by atoms with E-state index in [2.05, 4.69) is 33.1 Å². The molecule has 1 aliphatic carbocycles. The molecule has 4 atom stereocenters. The normalized spacial score (nSPS) is 34.4. The molecule has 1 aliphatic rings. The van der Waals surface area contributed by atoms with Crippen molar-refractivity contribution >= 4 is 0 Å². The molecule has 4 unspecified atom stereocenters. The van der Waals surface area contributed by atoms with Crippen molar-refractivity contribution in [2.24, 2.45) is 29.5 Å². The molecular formula is C13H28N2. The first-order valence-corrected chi connectivity index (χ1v) is 6.50. The number of hydrazine groups is 1. The maximum atomic E-state index is 5.68. The lowest BCUT2D eigenvalue weighted by Gasteiger charge is -2.37. The van der Waals surface area contributed by atoms with Crippen molar-refractivity contribution in [3.63, 3.8) is 0 Å². The van der Waals surface area contributed by atoms with Crippen molar-refractivity contribution in [2.75, 3.05) is 0 Å². The van der Waals surface area contributed by atoms with Crippen LogP contribution < -0.4 is 11.3 Å². The molecule has 0 aromatic heterocycles. The van der Waals surface area contributed by atoms with Crippen molar-refractivity contribution in [3.8, 4) is 0 Å². The second kappa shape index (κ2) is 5.86. The minimum Gasteiger partial charge on any atom is -0.271 e. The molecule has 3 N–H and O–H groups in total. The van der Waals surface area contributed by atoms with Gasteiger partial charge in [0.1, 0.15) is 0 Å². The lowest BCUT2D eigenvalue weighted by molar-refractivity contribution is 0.160. The molecule has 0 bridgehead atoms. The van der Waals surface area contributed by atoms with E-state index >= 15 is 0 Å².